The average Bonchev–Trinajstić information content (AvgIpc) is 2.34. The zero-order valence-electron chi connectivity index (χ0n) is 9.38. The molecule has 17 heavy (non-hydrogen) atoms. The van der Waals surface area contributed by atoms with Crippen molar-refractivity contribution in [1.29, 1.82) is 0 Å². The highest BCUT2D eigenvalue weighted by molar-refractivity contribution is 6.36. The van der Waals surface area contributed by atoms with Crippen molar-refractivity contribution in [3.05, 3.63) is 28.2 Å². The number of likely N-dealkylation sites (tertiary alicyclic amines) is 1. The number of carbonyl (C=O) groups excluding carboxylic acids is 1. The van der Waals surface area contributed by atoms with Gasteiger partial charge in [0.2, 0.25) is 0 Å². The predicted octanol–water partition coefficient (Wildman–Crippen LogP) is 4.01. The highest BCUT2D eigenvalue weighted by Gasteiger charge is 2.17. The maximum Gasteiger partial charge on any atom is 0.321 e. The second-order valence-electron chi connectivity index (χ2n) is 4.10. The van der Waals surface area contributed by atoms with Crippen molar-refractivity contribution in [2.24, 2.45) is 0 Å². The van der Waals surface area contributed by atoms with Gasteiger partial charge in [-0.3, -0.25) is 0 Å². The van der Waals surface area contributed by atoms with Crippen molar-refractivity contribution in [1.82, 2.24) is 4.90 Å². The third-order valence-electron chi connectivity index (χ3n) is 2.82. The van der Waals surface area contributed by atoms with E-state index in [4.69, 9.17) is 23.2 Å². The minimum atomic E-state index is -0.0890. The van der Waals surface area contributed by atoms with Gasteiger partial charge in [-0.2, -0.15) is 0 Å². The van der Waals surface area contributed by atoms with Gasteiger partial charge in [-0.1, -0.05) is 23.2 Å². The molecule has 0 bridgehead atoms. The zero-order valence-corrected chi connectivity index (χ0v) is 10.9. The Hall–Kier alpha value is -0.930. The standard InChI is InChI=1S/C12H14Cl2N2O/c13-9-4-5-11(10(14)8-9)15-12(17)16-6-2-1-3-7-16/h4-5,8H,1-3,6-7H2,(H,15,17). The molecular weight excluding hydrogens is 259 g/mol. The molecule has 1 heterocycles. The summed E-state index contributed by atoms with van der Waals surface area (Å²) in [6.45, 7) is 1.63. The van der Waals surface area contributed by atoms with E-state index >= 15 is 0 Å². The van der Waals surface area contributed by atoms with Crippen molar-refractivity contribution in [2.75, 3.05) is 18.4 Å². The lowest BCUT2D eigenvalue weighted by molar-refractivity contribution is 0.200. The molecule has 1 N–H and O–H groups in total. The summed E-state index contributed by atoms with van der Waals surface area (Å²) in [6, 6.07) is 4.95. The Morgan fingerprint density at radius 1 is 1.18 bits per heavy atom. The van der Waals surface area contributed by atoms with Gasteiger partial charge in [0, 0.05) is 18.1 Å². The lowest BCUT2D eigenvalue weighted by Crippen LogP contribution is -2.38. The van der Waals surface area contributed by atoms with E-state index in [1.807, 2.05) is 4.90 Å². The Kier molecular flexibility index (Phi) is 4.13. The lowest BCUT2D eigenvalue weighted by Gasteiger charge is -2.26. The van der Waals surface area contributed by atoms with E-state index < -0.39 is 0 Å². The molecule has 0 unspecified atom stereocenters. The maximum absolute atomic E-state index is 11.9. The first-order valence-corrected chi connectivity index (χ1v) is 6.43. The summed E-state index contributed by atoms with van der Waals surface area (Å²) >= 11 is 11.8. The van der Waals surface area contributed by atoms with E-state index in [9.17, 15) is 4.79 Å². The number of piperidine rings is 1. The van der Waals surface area contributed by atoms with Crippen molar-refractivity contribution < 1.29 is 4.79 Å². The van der Waals surface area contributed by atoms with Crippen LogP contribution in [-0.2, 0) is 0 Å². The first-order valence-electron chi connectivity index (χ1n) is 5.68. The normalized spacial score (nSPS) is 15.8. The molecule has 1 fully saturated rings. The molecule has 0 atom stereocenters. The number of urea groups is 1. The topological polar surface area (TPSA) is 32.3 Å². The number of nitrogens with one attached hydrogen (secondary N) is 1. The second kappa shape index (κ2) is 5.61. The van der Waals surface area contributed by atoms with Crippen LogP contribution in [-0.4, -0.2) is 24.0 Å². The van der Waals surface area contributed by atoms with Gasteiger partial charge in [0.1, 0.15) is 0 Å². The van der Waals surface area contributed by atoms with Crippen molar-refractivity contribution in [3.63, 3.8) is 0 Å². The van der Waals surface area contributed by atoms with E-state index in [-0.39, 0.29) is 6.03 Å². The summed E-state index contributed by atoms with van der Waals surface area (Å²) < 4.78 is 0. The summed E-state index contributed by atoms with van der Waals surface area (Å²) in [7, 11) is 0. The number of halogens is 2. The second-order valence-corrected chi connectivity index (χ2v) is 4.95. The molecule has 0 aromatic heterocycles. The van der Waals surface area contributed by atoms with Crippen molar-refractivity contribution in [3.8, 4) is 0 Å². The van der Waals surface area contributed by atoms with E-state index in [0.29, 0.717) is 15.7 Å². The third-order valence-corrected chi connectivity index (χ3v) is 3.36. The number of benzene rings is 1. The average molecular weight is 273 g/mol. The van der Waals surface area contributed by atoms with Crippen LogP contribution in [0.3, 0.4) is 0 Å². The number of hydrogen-bond acceptors (Lipinski definition) is 1. The number of anilines is 1. The Balaban J connectivity index is 2.02. The van der Waals surface area contributed by atoms with Crippen LogP contribution in [0.2, 0.25) is 10.0 Å². The smallest absolute Gasteiger partial charge is 0.321 e. The quantitative estimate of drug-likeness (QED) is 0.823. The van der Waals surface area contributed by atoms with Crippen LogP contribution in [0.5, 0.6) is 0 Å². The predicted molar refractivity (Wildman–Crippen MR) is 70.9 cm³/mol. The fourth-order valence-electron chi connectivity index (χ4n) is 1.88. The van der Waals surface area contributed by atoms with Gasteiger partial charge in [0.05, 0.1) is 10.7 Å². The lowest BCUT2D eigenvalue weighted by atomic mass is 10.1. The molecule has 2 amide bonds. The van der Waals surface area contributed by atoms with Gasteiger partial charge >= 0.3 is 6.03 Å². The molecule has 1 aromatic carbocycles. The van der Waals surface area contributed by atoms with Gasteiger partial charge < -0.3 is 10.2 Å². The number of carbonyl (C=O) groups is 1. The maximum atomic E-state index is 11.9. The van der Waals surface area contributed by atoms with E-state index in [2.05, 4.69) is 5.32 Å². The fraction of sp³-hybridized carbons (Fsp3) is 0.417. The summed E-state index contributed by atoms with van der Waals surface area (Å²) in [5.74, 6) is 0. The van der Waals surface area contributed by atoms with E-state index in [0.717, 1.165) is 25.9 Å². The molecule has 1 aromatic rings. The first kappa shape index (κ1) is 12.5. The van der Waals surface area contributed by atoms with Crippen LogP contribution in [0, 0.1) is 0 Å². The molecule has 5 heteroatoms. The minimum Gasteiger partial charge on any atom is -0.325 e. The van der Waals surface area contributed by atoms with Gasteiger partial charge in [-0.05, 0) is 37.5 Å². The summed E-state index contributed by atoms with van der Waals surface area (Å²) in [5.41, 5.74) is 0.603. The van der Waals surface area contributed by atoms with Crippen molar-refractivity contribution in [2.45, 2.75) is 19.3 Å². The van der Waals surface area contributed by atoms with Crippen LogP contribution < -0.4 is 5.32 Å². The van der Waals surface area contributed by atoms with Gasteiger partial charge in [-0.15, -0.1) is 0 Å². The van der Waals surface area contributed by atoms with Crippen LogP contribution >= 0.6 is 23.2 Å². The summed E-state index contributed by atoms with van der Waals surface area (Å²) in [4.78, 5) is 13.7. The Bertz CT molecular complexity index is 417. The number of rotatable bonds is 1. The molecule has 0 saturated carbocycles. The molecular formula is C12H14Cl2N2O. The fourth-order valence-corrected chi connectivity index (χ4v) is 2.34. The van der Waals surface area contributed by atoms with Crippen LogP contribution in [0.4, 0.5) is 10.5 Å². The van der Waals surface area contributed by atoms with Gasteiger partial charge in [-0.25, -0.2) is 4.79 Å². The van der Waals surface area contributed by atoms with Crippen LogP contribution in [0.25, 0.3) is 0 Å². The molecule has 0 spiro atoms. The SMILES string of the molecule is O=C(Nc1ccc(Cl)cc1Cl)N1CCCCC1. The summed E-state index contributed by atoms with van der Waals surface area (Å²) in [5, 5.41) is 3.83. The van der Waals surface area contributed by atoms with Gasteiger partial charge in [0.25, 0.3) is 0 Å². The highest BCUT2D eigenvalue weighted by Crippen LogP contribution is 2.25. The minimum absolute atomic E-state index is 0.0890. The molecule has 0 aliphatic carbocycles. The third kappa shape index (κ3) is 3.27. The molecule has 1 saturated heterocycles. The Morgan fingerprint density at radius 2 is 1.88 bits per heavy atom. The number of nitrogens with zero attached hydrogens (tertiary/aromatic N) is 1. The highest BCUT2D eigenvalue weighted by atomic mass is 35.5. The van der Waals surface area contributed by atoms with E-state index in [1.165, 1.54) is 6.42 Å². The Morgan fingerprint density at radius 3 is 2.53 bits per heavy atom. The molecule has 0 radical (unpaired) electrons. The monoisotopic (exact) mass is 272 g/mol. The molecule has 3 nitrogen and oxygen atoms in total. The molecule has 1 aliphatic heterocycles. The zero-order chi connectivity index (χ0) is 12.3. The van der Waals surface area contributed by atoms with Crippen LogP contribution in [0.15, 0.2) is 18.2 Å². The summed E-state index contributed by atoms with van der Waals surface area (Å²) in [6.07, 6.45) is 3.34. The number of amides is 2. The molecule has 1 aliphatic rings. The number of hydrogen-bond donors (Lipinski definition) is 1. The first-order chi connectivity index (χ1) is 8.16. The molecule has 92 valence electrons. The molecule has 2 rings (SSSR count). The largest absolute Gasteiger partial charge is 0.325 e. The van der Waals surface area contributed by atoms with E-state index in [1.54, 1.807) is 18.2 Å². The van der Waals surface area contributed by atoms with Gasteiger partial charge in [0.15, 0.2) is 0 Å². The van der Waals surface area contributed by atoms with Crippen LogP contribution in [0.1, 0.15) is 19.3 Å². The van der Waals surface area contributed by atoms with Crippen molar-refractivity contribution >= 4 is 34.9 Å². The Labute approximate surface area is 111 Å².